The highest BCUT2D eigenvalue weighted by atomic mass is 32.2. The van der Waals surface area contributed by atoms with E-state index < -0.39 is 10.0 Å². The van der Waals surface area contributed by atoms with Gasteiger partial charge in [0.05, 0.1) is 22.1 Å². The molecule has 1 fully saturated rings. The molecule has 0 atom stereocenters. The molecular formula is C22H28N2O5S2. The summed E-state index contributed by atoms with van der Waals surface area (Å²) in [4.78, 5) is 25.4. The van der Waals surface area contributed by atoms with E-state index in [9.17, 15) is 18.0 Å². The van der Waals surface area contributed by atoms with Crippen molar-refractivity contribution >= 4 is 38.7 Å². The number of piperidine rings is 1. The summed E-state index contributed by atoms with van der Waals surface area (Å²) in [6.45, 7) is 3.22. The number of ketones is 1. The van der Waals surface area contributed by atoms with Crippen LogP contribution in [-0.2, 0) is 14.8 Å². The van der Waals surface area contributed by atoms with Crippen LogP contribution in [0.25, 0.3) is 0 Å². The van der Waals surface area contributed by atoms with Crippen molar-refractivity contribution in [3.05, 3.63) is 40.6 Å². The van der Waals surface area contributed by atoms with Crippen molar-refractivity contribution in [3.8, 4) is 5.75 Å². The lowest BCUT2D eigenvalue weighted by Crippen LogP contribution is -2.35. The topological polar surface area (TPSA) is 92.8 Å². The van der Waals surface area contributed by atoms with Crippen molar-refractivity contribution in [1.82, 2.24) is 4.31 Å². The molecule has 0 spiro atoms. The van der Waals surface area contributed by atoms with Crippen LogP contribution in [-0.4, -0.2) is 44.1 Å². The Hall–Kier alpha value is -2.23. The monoisotopic (exact) mass is 464 g/mol. The fourth-order valence-electron chi connectivity index (χ4n) is 3.49. The number of hydrogen-bond donors (Lipinski definition) is 1. The third-order valence-corrected chi connectivity index (χ3v) is 7.89. The standard InChI is InChI=1S/C22H28N2O5S2/c1-2-29-20-12-11-17(31(27,28)24-13-4-3-5-14-24)16-18(20)23-22(26)10-6-8-19(25)21-9-7-15-30-21/h7,9,11-12,15-16H,2-6,8,10,13-14H2,1H3,(H,23,26). The van der Waals surface area contributed by atoms with Crippen LogP contribution in [0, 0.1) is 0 Å². The summed E-state index contributed by atoms with van der Waals surface area (Å²) in [6.07, 6.45) is 3.60. The number of hydrogen-bond acceptors (Lipinski definition) is 6. The third-order valence-electron chi connectivity index (χ3n) is 5.08. The molecule has 1 aromatic heterocycles. The van der Waals surface area contributed by atoms with E-state index in [2.05, 4.69) is 5.32 Å². The minimum atomic E-state index is -3.62. The largest absolute Gasteiger partial charge is 0.492 e. The zero-order valence-electron chi connectivity index (χ0n) is 17.6. The zero-order valence-corrected chi connectivity index (χ0v) is 19.3. The van der Waals surface area contributed by atoms with Gasteiger partial charge in [0.15, 0.2) is 5.78 Å². The molecule has 9 heteroatoms. The Morgan fingerprint density at radius 2 is 1.90 bits per heavy atom. The predicted molar refractivity (Wildman–Crippen MR) is 121 cm³/mol. The third kappa shape index (κ3) is 6.15. The lowest BCUT2D eigenvalue weighted by atomic mass is 10.1. The molecule has 168 valence electrons. The van der Waals surface area contributed by atoms with Crippen molar-refractivity contribution in [1.29, 1.82) is 0 Å². The fraction of sp³-hybridized carbons (Fsp3) is 0.455. The van der Waals surface area contributed by atoms with Gasteiger partial charge in [-0.25, -0.2) is 8.42 Å². The fourth-order valence-corrected chi connectivity index (χ4v) is 5.72. The molecule has 3 rings (SSSR count). The molecule has 1 aliphatic rings. The van der Waals surface area contributed by atoms with Crippen molar-refractivity contribution in [2.45, 2.75) is 50.3 Å². The maximum Gasteiger partial charge on any atom is 0.243 e. The second-order valence-corrected chi connectivity index (χ2v) is 10.2. The summed E-state index contributed by atoms with van der Waals surface area (Å²) in [5.74, 6) is 0.156. The molecule has 0 unspecified atom stereocenters. The van der Waals surface area contributed by atoms with Crippen LogP contribution < -0.4 is 10.1 Å². The number of anilines is 1. The Labute approximate surface area is 187 Å². The number of carbonyl (C=O) groups excluding carboxylic acids is 2. The number of amides is 1. The molecule has 1 amide bonds. The molecule has 0 radical (unpaired) electrons. The molecule has 1 saturated heterocycles. The van der Waals surface area contributed by atoms with Crippen LogP contribution in [0.1, 0.15) is 55.1 Å². The van der Waals surface area contributed by atoms with Gasteiger partial charge in [0.1, 0.15) is 5.75 Å². The number of Topliss-reactive ketones (excluding diaryl/α,β-unsaturated/α-hetero) is 1. The second kappa shape index (κ2) is 10.9. The van der Waals surface area contributed by atoms with Crippen molar-refractivity contribution < 1.29 is 22.7 Å². The first-order chi connectivity index (χ1) is 14.9. The molecule has 1 aromatic carbocycles. The number of thiophene rings is 1. The predicted octanol–water partition coefficient (Wildman–Crippen LogP) is 4.31. The SMILES string of the molecule is CCOc1ccc(S(=O)(=O)N2CCCCC2)cc1NC(=O)CCCC(=O)c1cccs1. The molecule has 7 nitrogen and oxygen atoms in total. The van der Waals surface area contributed by atoms with E-state index >= 15 is 0 Å². The van der Waals surface area contributed by atoms with Crippen molar-refractivity contribution in [3.63, 3.8) is 0 Å². The van der Waals surface area contributed by atoms with Gasteiger partial charge in [0, 0.05) is 25.9 Å². The highest BCUT2D eigenvalue weighted by molar-refractivity contribution is 7.89. The van der Waals surface area contributed by atoms with Gasteiger partial charge in [0.2, 0.25) is 15.9 Å². The normalized spacial score (nSPS) is 14.9. The van der Waals surface area contributed by atoms with Crippen LogP contribution in [0.4, 0.5) is 5.69 Å². The van der Waals surface area contributed by atoms with Crippen molar-refractivity contribution in [2.75, 3.05) is 25.0 Å². The molecule has 0 aliphatic carbocycles. The maximum atomic E-state index is 13.0. The van der Waals surface area contributed by atoms with E-state index in [0.29, 0.717) is 42.4 Å². The van der Waals surface area contributed by atoms with Crippen LogP contribution in [0.3, 0.4) is 0 Å². The molecule has 1 aliphatic heterocycles. The van der Waals surface area contributed by atoms with Gasteiger partial charge >= 0.3 is 0 Å². The van der Waals surface area contributed by atoms with E-state index in [-0.39, 0.29) is 29.4 Å². The van der Waals surface area contributed by atoms with E-state index in [1.54, 1.807) is 12.1 Å². The molecule has 1 N–H and O–H groups in total. The van der Waals surface area contributed by atoms with Gasteiger partial charge in [-0.2, -0.15) is 4.31 Å². The molecule has 2 aromatic rings. The number of rotatable bonds is 10. The number of nitrogens with zero attached hydrogens (tertiary/aromatic N) is 1. The van der Waals surface area contributed by atoms with Crippen LogP contribution in [0.5, 0.6) is 5.75 Å². The lowest BCUT2D eigenvalue weighted by Gasteiger charge is -2.26. The van der Waals surface area contributed by atoms with E-state index in [0.717, 1.165) is 19.3 Å². The van der Waals surface area contributed by atoms with Gasteiger partial charge in [-0.1, -0.05) is 12.5 Å². The van der Waals surface area contributed by atoms with Crippen LogP contribution in [0.15, 0.2) is 40.6 Å². The number of nitrogens with one attached hydrogen (secondary N) is 1. The van der Waals surface area contributed by atoms with E-state index in [4.69, 9.17) is 4.74 Å². The van der Waals surface area contributed by atoms with E-state index in [1.165, 1.54) is 27.8 Å². The first-order valence-corrected chi connectivity index (χ1v) is 12.9. The Bertz CT molecular complexity index is 997. The van der Waals surface area contributed by atoms with Crippen LogP contribution >= 0.6 is 11.3 Å². The first-order valence-electron chi connectivity index (χ1n) is 10.6. The summed E-state index contributed by atoms with van der Waals surface area (Å²) in [6, 6.07) is 8.16. The molecule has 0 bridgehead atoms. The first kappa shape index (κ1) is 23.4. The average Bonchev–Trinajstić information content (AvgIpc) is 3.31. The summed E-state index contributed by atoms with van der Waals surface area (Å²) in [5.41, 5.74) is 0.328. The van der Waals surface area contributed by atoms with Gasteiger partial charge in [0.25, 0.3) is 0 Å². The van der Waals surface area contributed by atoms with Gasteiger partial charge in [-0.15, -0.1) is 11.3 Å². The highest BCUT2D eigenvalue weighted by Crippen LogP contribution is 2.30. The Morgan fingerprint density at radius 1 is 1.13 bits per heavy atom. The van der Waals surface area contributed by atoms with Crippen molar-refractivity contribution in [2.24, 2.45) is 0 Å². The lowest BCUT2D eigenvalue weighted by molar-refractivity contribution is -0.116. The van der Waals surface area contributed by atoms with E-state index in [1.807, 2.05) is 18.4 Å². The van der Waals surface area contributed by atoms with Crippen LogP contribution in [0.2, 0.25) is 0 Å². The average molecular weight is 465 g/mol. The number of benzene rings is 1. The smallest absolute Gasteiger partial charge is 0.243 e. The minimum Gasteiger partial charge on any atom is -0.492 e. The maximum absolute atomic E-state index is 13.0. The van der Waals surface area contributed by atoms with Gasteiger partial charge in [-0.3, -0.25) is 9.59 Å². The summed E-state index contributed by atoms with van der Waals surface area (Å²) >= 11 is 1.39. The highest BCUT2D eigenvalue weighted by Gasteiger charge is 2.27. The quantitative estimate of drug-likeness (QED) is 0.529. The molecule has 2 heterocycles. The second-order valence-electron chi connectivity index (χ2n) is 7.36. The number of ether oxygens (including phenoxy) is 1. The zero-order chi connectivity index (χ0) is 22.3. The van der Waals surface area contributed by atoms with Gasteiger partial charge in [-0.05, 0) is 55.8 Å². The summed E-state index contributed by atoms with van der Waals surface area (Å²) in [5, 5.41) is 4.61. The minimum absolute atomic E-state index is 0.0208. The summed E-state index contributed by atoms with van der Waals surface area (Å²) < 4.78 is 33.0. The molecular weight excluding hydrogens is 436 g/mol. The Balaban J connectivity index is 1.67. The van der Waals surface area contributed by atoms with Gasteiger partial charge < -0.3 is 10.1 Å². The molecule has 31 heavy (non-hydrogen) atoms. The Morgan fingerprint density at radius 3 is 2.58 bits per heavy atom. The number of sulfonamides is 1. The Kier molecular flexibility index (Phi) is 8.22. The molecule has 0 saturated carbocycles. The summed E-state index contributed by atoms with van der Waals surface area (Å²) in [7, 11) is -3.62. The number of carbonyl (C=O) groups is 2.